The third-order valence-corrected chi connectivity index (χ3v) is 12.1. The molecule has 1 aromatic rings. The lowest BCUT2D eigenvalue weighted by Crippen LogP contribution is -2.63. The number of ether oxygens (including phenoxy) is 5. The molecule has 306 valence electrons. The van der Waals surface area contributed by atoms with Crippen LogP contribution in [0.3, 0.4) is 0 Å². The van der Waals surface area contributed by atoms with Gasteiger partial charge in [0.05, 0.1) is 31.6 Å². The van der Waals surface area contributed by atoms with Crippen LogP contribution in [0.5, 0.6) is 5.75 Å². The van der Waals surface area contributed by atoms with Crippen LogP contribution < -0.4 is 15.0 Å². The second-order valence-corrected chi connectivity index (χ2v) is 16.9. The number of epoxide rings is 1. The molecule has 9 unspecified atom stereocenters. The molecule has 0 aliphatic carbocycles. The highest BCUT2D eigenvalue weighted by Gasteiger charge is 2.64. The molecule has 3 amide bonds. The number of nitrogens with one attached hydrogen (secondary N) is 1. The second kappa shape index (κ2) is 18.7. The average Bonchev–Trinajstić information content (AvgIpc) is 3.83. The van der Waals surface area contributed by atoms with E-state index in [2.05, 4.69) is 5.32 Å². The van der Waals surface area contributed by atoms with E-state index in [1.54, 1.807) is 58.4 Å². The first-order valence-corrected chi connectivity index (χ1v) is 20.6. The smallest absolute Gasteiger partial charge is 0.409 e. The maximum atomic E-state index is 14.2. The number of fused-ring (bicyclic) bond motifs is 5. The summed E-state index contributed by atoms with van der Waals surface area (Å²) in [5, 5.41) is 14.5. The molecule has 0 aromatic heterocycles. The number of likely N-dealkylation sites (N-methyl/N-ethyl adjacent to an activating group) is 1. The van der Waals surface area contributed by atoms with E-state index >= 15 is 0 Å². The number of amides is 3. The standard InChI is InChI=1S/C39H56ClN3O11S/c1-23-14-13-15-30(51-8)39(48)22-29(52-37(47)41-39)24(2)35-38(4,54-35)31(21-33(45)43(6)27-19-26(18-23)20-28(50-7)34(27)40)53-36(46)25(3)42(5)32(44)16-11-10-12-17-55(9)49/h13-15,19-20,24-25,29-31,35,48H,10-12,16-18,21-22H2,1-9H3,(H,41,47)/b15-13+,23-14+. The number of carbonyl (C=O) groups is 4. The maximum absolute atomic E-state index is 14.2. The highest BCUT2D eigenvalue weighted by molar-refractivity contribution is 7.90. The first-order valence-electron chi connectivity index (χ1n) is 18.5. The zero-order valence-corrected chi connectivity index (χ0v) is 34.8. The van der Waals surface area contributed by atoms with Crippen molar-refractivity contribution in [2.75, 3.05) is 45.2 Å². The van der Waals surface area contributed by atoms with Crippen molar-refractivity contribution in [1.82, 2.24) is 10.2 Å². The number of methoxy groups -OCH3 is 2. The number of halogens is 1. The number of anilines is 1. The lowest BCUT2D eigenvalue weighted by Gasteiger charge is -2.42. The van der Waals surface area contributed by atoms with Gasteiger partial charge in [0.2, 0.25) is 11.8 Å². The maximum Gasteiger partial charge on any atom is 0.409 e. The minimum Gasteiger partial charge on any atom is -0.617 e. The number of aliphatic hydroxyl groups is 1. The summed E-state index contributed by atoms with van der Waals surface area (Å²) >= 11 is 5.86. The molecule has 0 radical (unpaired) electrons. The summed E-state index contributed by atoms with van der Waals surface area (Å²) in [6, 6.07) is 2.58. The predicted octanol–water partition coefficient (Wildman–Crippen LogP) is 4.45. The van der Waals surface area contributed by atoms with E-state index < -0.39 is 76.8 Å². The molecule has 3 heterocycles. The predicted molar refractivity (Wildman–Crippen MR) is 208 cm³/mol. The van der Waals surface area contributed by atoms with Gasteiger partial charge in [0.1, 0.15) is 46.5 Å². The van der Waals surface area contributed by atoms with Gasteiger partial charge in [-0.25, -0.2) is 9.59 Å². The Morgan fingerprint density at radius 2 is 1.95 bits per heavy atom. The summed E-state index contributed by atoms with van der Waals surface area (Å²) in [5.41, 5.74) is -0.951. The van der Waals surface area contributed by atoms with E-state index in [-0.39, 0.29) is 30.2 Å². The zero-order valence-electron chi connectivity index (χ0n) is 33.2. The highest BCUT2D eigenvalue weighted by Crippen LogP contribution is 2.49. The quantitative estimate of drug-likeness (QED) is 0.140. The van der Waals surface area contributed by atoms with Gasteiger partial charge in [-0.15, -0.1) is 0 Å². The molecular weight excluding hydrogens is 754 g/mol. The van der Waals surface area contributed by atoms with Crippen LogP contribution >= 0.6 is 11.6 Å². The molecule has 2 fully saturated rings. The minimum absolute atomic E-state index is 0.0577. The van der Waals surface area contributed by atoms with Crippen LogP contribution in [0.25, 0.3) is 0 Å². The van der Waals surface area contributed by atoms with Gasteiger partial charge in [0.25, 0.3) is 0 Å². The number of benzene rings is 1. The van der Waals surface area contributed by atoms with Crippen LogP contribution in [0.1, 0.15) is 71.8 Å². The van der Waals surface area contributed by atoms with Crippen molar-refractivity contribution in [3.8, 4) is 5.75 Å². The highest BCUT2D eigenvalue weighted by atomic mass is 35.5. The zero-order chi connectivity index (χ0) is 40.8. The van der Waals surface area contributed by atoms with Gasteiger partial charge in [-0.3, -0.25) is 14.9 Å². The van der Waals surface area contributed by atoms with Crippen molar-refractivity contribution in [2.24, 2.45) is 5.92 Å². The van der Waals surface area contributed by atoms with Crippen molar-refractivity contribution in [3.63, 3.8) is 0 Å². The monoisotopic (exact) mass is 809 g/mol. The number of carbonyl (C=O) groups excluding carboxylic acids is 4. The number of rotatable bonds is 11. The third-order valence-electron chi connectivity index (χ3n) is 10.8. The van der Waals surface area contributed by atoms with Gasteiger partial charge in [-0.1, -0.05) is 53.5 Å². The summed E-state index contributed by atoms with van der Waals surface area (Å²) in [6.45, 7) is 6.98. The summed E-state index contributed by atoms with van der Waals surface area (Å²) in [4.78, 5) is 56.6. The van der Waals surface area contributed by atoms with Crippen molar-refractivity contribution in [2.45, 2.75) is 114 Å². The number of hydrogen-bond donors (Lipinski definition) is 2. The number of nitrogens with zero attached hydrogens (tertiary/aromatic N) is 2. The van der Waals surface area contributed by atoms with Gasteiger partial charge in [-0.2, -0.15) is 0 Å². The van der Waals surface area contributed by atoms with E-state index in [1.807, 2.05) is 13.0 Å². The average molecular weight is 810 g/mol. The molecule has 3 aliphatic heterocycles. The Morgan fingerprint density at radius 1 is 1.24 bits per heavy atom. The van der Waals surface area contributed by atoms with Crippen LogP contribution in [-0.2, 0) is 50.9 Å². The van der Waals surface area contributed by atoms with Gasteiger partial charge in [0.15, 0.2) is 5.72 Å². The molecule has 0 saturated carbocycles. The fraction of sp³-hybridized carbons (Fsp3) is 0.641. The van der Waals surface area contributed by atoms with E-state index in [0.29, 0.717) is 30.0 Å². The van der Waals surface area contributed by atoms with Crippen molar-refractivity contribution in [1.29, 1.82) is 0 Å². The Balaban J connectivity index is 1.68. The van der Waals surface area contributed by atoms with Crippen molar-refractivity contribution >= 4 is 52.3 Å². The van der Waals surface area contributed by atoms with Crippen LogP contribution in [0.4, 0.5) is 10.5 Å². The molecule has 14 nitrogen and oxygen atoms in total. The molecule has 3 aliphatic rings. The van der Waals surface area contributed by atoms with E-state index in [4.69, 9.17) is 35.3 Å². The van der Waals surface area contributed by atoms with Crippen LogP contribution in [0.15, 0.2) is 35.9 Å². The minimum atomic E-state index is -1.83. The first kappa shape index (κ1) is 44.4. The van der Waals surface area contributed by atoms with Crippen molar-refractivity contribution in [3.05, 3.63) is 46.5 Å². The van der Waals surface area contributed by atoms with Crippen LogP contribution in [-0.4, -0.2) is 121 Å². The molecule has 1 aromatic carbocycles. The Hall–Kier alpha value is -3.34. The van der Waals surface area contributed by atoms with Gasteiger partial charge in [0, 0.05) is 40.0 Å². The third kappa shape index (κ3) is 10.7. The number of allylic oxidation sites excluding steroid dienone is 3. The molecule has 2 saturated heterocycles. The first-order chi connectivity index (χ1) is 25.8. The van der Waals surface area contributed by atoms with Crippen molar-refractivity contribution < 1.29 is 52.5 Å². The van der Waals surface area contributed by atoms with E-state index in [9.17, 15) is 28.8 Å². The summed E-state index contributed by atoms with van der Waals surface area (Å²) in [5.74, 6) is -1.03. The largest absolute Gasteiger partial charge is 0.617 e. The van der Waals surface area contributed by atoms with Gasteiger partial charge < -0.3 is 43.1 Å². The van der Waals surface area contributed by atoms with E-state index in [0.717, 1.165) is 24.0 Å². The summed E-state index contributed by atoms with van der Waals surface area (Å²) in [7, 11) is 6.01. The second-order valence-electron chi connectivity index (χ2n) is 15.0. The molecule has 2 N–H and O–H groups in total. The summed E-state index contributed by atoms with van der Waals surface area (Å²) < 4.78 is 40.6. The van der Waals surface area contributed by atoms with Crippen LogP contribution in [0, 0.1) is 5.92 Å². The van der Waals surface area contributed by atoms with Gasteiger partial charge >= 0.3 is 12.1 Å². The number of unbranched alkanes of at least 4 members (excludes halogenated alkanes) is 2. The Labute approximate surface area is 332 Å². The lowest BCUT2D eigenvalue weighted by atomic mass is 9.83. The molecule has 9 atom stereocenters. The van der Waals surface area contributed by atoms with Crippen LogP contribution in [0.2, 0.25) is 5.02 Å². The normalized spacial score (nSPS) is 31.1. The Morgan fingerprint density at radius 3 is 2.60 bits per heavy atom. The summed E-state index contributed by atoms with van der Waals surface area (Å²) in [6.07, 6.45) is 4.76. The Kier molecular flexibility index (Phi) is 15.1. The SMILES string of the molecule is COc1cc2cc(c1Cl)N(C)C(=O)CC(OC(=O)C(C)N(C)C(=O)CCCCC[S+](C)[O-])C1(C)OC1C(C)C1CC(O)(NC(=O)O1)C(OC)/C=C/C=C(\C)C2. The molecule has 16 heteroatoms. The lowest BCUT2D eigenvalue weighted by molar-refractivity contribution is -0.162. The number of alkyl carbamates (subject to hydrolysis) is 1. The number of hydrogen-bond acceptors (Lipinski definition) is 11. The fourth-order valence-corrected chi connectivity index (χ4v) is 8.08. The Bertz CT molecular complexity index is 1640. The molecular formula is C39H56ClN3O11S. The molecule has 0 spiro atoms. The molecule has 4 bridgehead atoms. The fourth-order valence-electron chi connectivity index (χ4n) is 7.15. The van der Waals surface area contributed by atoms with E-state index in [1.165, 1.54) is 31.1 Å². The topological polar surface area (TPSA) is 180 Å². The molecule has 55 heavy (non-hydrogen) atoms. The van der Waals surface area contributed by atoms with Gasteiger partial charge in [-0.05, 0) is 64.2 Å². The number of esters is 1. The molecule has 4 rings (SSSR count).